The number of nitrogens with one attached hydrogen (secondary N) is 1. The van der Waals surface area contributed by atoms with Gasteiger partial charge in [-0.2, -0.15) is 0 Å². The van der Waals surface area contributed by atoms with Gasteiger partial charge in [-0.1, -0.05) is 24.3 Å². The molecule has 0 aliphatic carbocycles. The molecule has 0 saturated carbocycles. The Morgan fingerprint density at radius 1 is 1.14 bits per heavy atom. The number of urea groups is 1. The minimum absolute atomic E-state index is 0.168. The highest BCUT2D eigenvalue weighted by Crippen LogP contribution is 2.24. The normalized spacial score (nSPS) is 21.8. The Hall–Kier alpha value is -2.08. The van der Waals surface area contributed by atoms with Gasteiger partial charge in [0, 0.05) is 39.1 Å². The van der Waals surface area contributed by atoms with Crippen LogP contribution in [-0.2, 0) is 17.8 Å². The topological polar surface area (TPSA) is 72.9 Å². The second-order valence-corrected chi connectivity index (χ2v) is 5.47. The third kappa shape index (κ3) is 2.71. The van der Waals surface area contributed by atoms with Crippen molar-refractivity contribution in [1.82, 2.24) is 15.1 Å². The summed E-state index contributed by atoms with van der Waals surface area (Å²) in [7, 11) is 0. The maximum absolute atomic E-state index is 12.6. The van der Waals surface area contributed by atoms with Crippen molar-refractivity contribution in [1.29, 1.82) is 0 Å². The predicted molar refractivity (Wildman–Crippen MR) is 77.0 cm³/mol. The molecule has 1 atom stereocenters. The summed E-state index contributed by atoms with van der Waals surface area (Å²) in [6.45, 7) is 3.14. The van der Waals surface area contributed by atoms with Gasteiger partial charge in [0.1, 0.15) is 6.04 Å². The number of rotatable bonds is 1. The van der Waals surface area contributed by atoms with E-state index in [2.05, 4.69) is 5.32 Å². The van der Waals surface area contributed by atoms with Crippen LogP contribution in [0.15, 0.2) is 24.3 Å². The fraction of sp³-hybridized carbons (Fsp3) is 0.467. The number of carbonyl (C=O) groups is 2. The Morgan fingerprint density at radius 3 is 2.48 bits per heavy atom. The molecule has 21 heavy (non-hydrogen) atoms. The summed E-state index contributed by atoms with van der Waals surface area (Å²) in [5.74, 6) is -0.937. The molecular weight excluding hydrogens is 270 g/mol. The zero-order valence-electron chi connectivity index (χ0n) is 11.8. The summed E-state index contributed by atoms with van der Waals surface area (Å²) in [5.41, 5.74) is 2.06. The second kappa shape index (κ2) is 5.73. The van der Waals surface area contributed by atoms with Crippen LogP contribution >= 0.6 is 0 Å². The SMILES string of the molecule is O=C(O)C1Cc2ccccc2CN1C(=O)N1CCNCC1. The van der Waals surface area contributed by atoms with E-state index in [0.717, 1.165) is 24.2 Å². The molecule has 0 bridgehead atoms. The Bertz CT molecular complexity index is 555. The molecule has 6 nitrogen and oxygen atoms in total. The molecule has 1 aromatic carbocycles. The van der Waals surface area contributed by atoms with E-state index in [4.69, 9.17) is 0 Å². The molecule has 3 rings (SSSR count). The number of carbonyl (C=O) groups excluding carboxylic acids is 1. The zero-order valence-corrected chi connectivity index (χ0v) is 11.8. The number of hydrogen-bond acceptors (Lipinski definition) is 3. The van der Waals surface area contributed by atoms with Crippen molar-refractivity contribution < 1.29 is 14.7 Å². The van der Waals surface area contributed by atoms with Crippen LogP contribution in [0, 0.1) is 0 Å². The second-order valence-electron chi connectivity index (χ2n) is 5.47. The number of piperazine rings is 1. The van der Waals surface area contributed by atoms with Crippen molar-refractivity contribution in [2.45, 2.75) is 19.0 Å². The fourth-order valence-corrected chi connectivity index (χ4v) is 2.98. The third-order valence-corrected chi connectivity index (χ3v) is 4.17. The molecule has 2 heterocycles. The molecule has 1 saturated heterocycles. The number of carboxylic acid groups (broad SMARTS) is 1. The lowest BCUT2D eigenvalue weighted by atomic mass is 9.94. The Labute approximate surface area is 123 Å². The standard InChI is InChI=1S/C15H19N3O3/c19-14(20)13-9-11-3-1-2-4-12(11)10-18(13)15(21)17-7-5-16-6-8-17/h1-4,13,16H,5-10H2,(H,19,20). The monoisotopic (exact) mass is 289 g/mol. The number of fused-ring (bicyclic) bond motifs is 1. The van der Waals surface area contributed by atoms with Crippen LogP contribution in [0.3, 0.4) is 0 Å². The zero-order chi connectivity index (χ0) is 14.8. The summed E-state index contributed by atoms with van der Waals surface area (Å²) in [6.07, 6.45) is 0.378. The Balaban J connectivity index is 1.85. The Kier molecular flexibility index (Phi) is 3.79. The van der Waals surface area contributed by atoms with Gasteiger partial charge in [-0.15, -0.1) is 0 Å². The van der Waals surface area contributed by atoms with Gasteiger partial charge in [-0.25, -0.2) is 9.59 Å². The number of carboxylic acids is 1. The number of aliphatic carboxylic acids is 1. The van der Waals surface area contributed by atoms with E-state index in [0.29, 0.717) is 26.1 Å². The molecule has 2 aliphatic heterocycles. The van der Waals surface area contributed by atoms with Gasteiger partial charge in [-0.3, -0.25) is 0 Å². The van der Waals surface area contributed by atoms with Crippen molar-refractivity contribution >= 4 is 12.0 Å². The van der Waals surface area contributed by atoms with Gasteiger partial charge in [-0.05, 0) is 11.1 Å². The van der Waals surface area contributed by atoms with Gasteiger partial charge >= 0.3 is 12.0 Å². The molecule has 2 N–H and O–H groups in total. The van der Waals surface area contributed by atoms with Crippen molar-refractivity contribution in [3.63, 3.8) is 0 Å². The van der Waals surface area contributed by atoms with E-state index in [1.165, 1.54) is 4.90 Å². The first-order chi connectivity index (χ1) is 10.2. The maximum atomic E-state index is 12.6. The van der Waals surface area contributed by atoms with Crippen LogP contribution in [-0.4, -0.2) is 59.1 Å². The summed E-state index contributed by atoms with van der Waals surface area (Å²) in [4.78, 5) is 27.4. The first-order valence-corrected chi connectivity index (χ1v) is 7.22. The molecule has 0 spiro atoms. The molecular formula is C15H19N3O3. The van der Waals surface area contributed by atoms with Gasteiger partial charge in [0.25, 0.3) is 0 Å². The molecule has 0 radical (unpaired) electrons. The average Bonchev–Trinajstić information content (AvgIpc) is 2.53. The van der Waals surface area contributed by atoms with E-state index in [1.807, 2.05) is 24.3 Å². The molecule has 6 heteroatoms. The van der Waals surface area contributed by atoms with Gasteiger partial charge in [0.15, 0.2) is 0 Å². The van der Waals surface area contributed by atoms with Crippen molar-refractivity contribution in [2.24, 2.45) is 0 Å². The van der Waals surface area contributed by atoms with Gasteiger partial charge in [0.2, 0.25) is 0 Å². The lowest BCUT2D eigenvalue weighted by molar-refractivity contribution is -0.142. The predicted octanol–water partition coefficient (Wildman–Crippen LogP) is 0.523. The largest absolute Gasteiger partial charge is 0.480 e. The molecule has 112 valence electrons. The van der Waals surface area contributed by atoms with E-state index >= 15 is 0 Å². The minimum atomic E-state index is -0.937. The number of amides is 2. The van der Waals surface area contributed by atoms with Crippen LogP contribution in [0.2, 0.25) is 0 Å². The van der Waals surface area contributed by atoms with E-state index in [-0.39, 0.29) is 6.03 Å². The average molecular weight is 289 g/mol. The summed E-state index contributed by atoms with van der Waals surface area (Å²) in [6, 6.07) is 6.79. The maximum Gasteiger partial charge on any atom is 0.326 e. The lowest BCUT2D eigenvalue weighted by Crippen LogP contribution is -2.56. The third-order valence-electron chi connectivity index (χ3n) is 4.17. The smallest absolute Gasteiger partial charge is 0.326 e. The van der Waals surface area contributed by atoms with E-state index in [1.54, 1.807) is 4.90 Å². The summed E-state index contributed by atoms with van der Waals surface area (Å²) < 4.78 is 0. The highest BCUT2D eigenvalue weighted by atomic mass is 16.4. The Morgan fingerprint density at radius 2 is 1.81 bits per heavy atom. The first-order valence-electron chi connectivity index (χ1n) is 7.22. The summed E-state index contributed by atoms with van der Waals surface area (Å²) in [5, 5.41) is 12.7. The van der Waals surface area contributed by atoms with E-state index in [9.17, 15) is 14.7 Å². The van der Waals surface area contributed by atoms with Crippen molar-refractivity contribution in [3.8, 4) is 0 Å². The molecule has 2 aliphatic rings. The quantitative estimate of drug-likeness (QED) is 0.791. The van der Waals surface area contributed by atoms with Crippen LogP contribution in [0.25, 0.3) is 0 Å². The number of nitrogens with zero attached hydrogens (tertiary/aromatic N) is 2. The van der Waals surface area contributed by atoms with Crippen LogP contribution in [0.4, 0.5) is 4.79 Å². The molecule has 0 aromatic heterocycles. The molecule has 1 aromatic rings. The van der Waals surface area contributed by atoms with Crippen LogP contribution < -0.4 is 5.32 Å². The molecule has 2 amide bonds. The highest BCUT2D eigenvalue weighted by molar-refractivity contribution is 5.83. The van der Waals surface area contributed by atoms with Crippen molar-refractivity contribution in [3.05, 3.63) is 35.4 Å². The minimum Gasteiger partial charge on any atom is -0.480 e. The van der Waals surface area contributed by atoms with E-state index < -0.39 is 12.0 Å². The molecule has 1 fully saturated rings. The number of benzene rings is 1. The van der Waals surface area contributed by atoms with Crippen LogP contribution in [0.1, 0.15) is 11.1 Å². The van der Waals surface area contributed by atoms with Gasteiger partial charge < -0.3 is 20.2 Å². The fourth-order valence-electron chi connectivity index (χ4n) is 2.98. The first kappa shape index (κ1) is 13.9. The highest BCUT2D eigenvalue weighted by Gasteiger charge is 2.36. The van der Waals surface area contributed by atoms with Crippen molar-refractivity contribution in [2.75, 3.05) is 26.2 Å². The lowest BCUT2D eigenvalue weighted by Gasteiger charge is -2.39. The van der Waals surface area contributed by atoms with Crippen LogP contribution in [0.5, 0.6) is 0 Å². The number of hydrogen-bond donors (Lipinski definition) is 2. The summed E-state index contributed by atoms with van der Waals surface area (Å²) >= 11 is 0. The molecule has 1 unspecified atom stereocenters. The van der Waals surface area contributed by atoms with Gasteiger partial charge in [0.05, 0.1) is 0 Å².